The number of ether oxygens (including phenoxy) is 2. The Morgan fingerprint density at radius 3 is 1.84 bits per heavy atom. The Bertz CT molecular complexity index is 662. The van der Waals surface area contributed by atoms with E-state index < -0.39 is 35.0 Å². The van der Waals surface area contributed by atoms with Gasteiger partial charge in [-0.15, -0.1) is 0 Å². The number of rotatable bonds is 4. The summed E-state index contributed by atoms with van der Waals surface area (Å²) in [6, 6.07) is 5.38. The molecule has 1 aromatic rings. The molecule has 2 rings (SSSR count). The van der Waals surface area contributed by atoms with Crippen LogP contribution in [0.5, 0.6) is 0 Å². The molecule has 1 aromatic carbocycles. The minimum Gasteiger partial charge on any atom is -0.458 e. The van der Waals surface area contributed by atoms with Crippen molar-refractivity contribution in [3.63, 3.8) is 0 Å². The second-order valence-corrected chi connectivity index (χ2v) is 8.00. The van der Waals surface area contributed by atoms with Gasteiger partial charge in [-0.1, -0.05) is 12.1 Å². The standard InChI is InChI=1S/C19H25NO5/c1-18(2,3)24-11-14(17(23)25-19(4,5)6)20-15(21)12-9-7-8-10-13(12)16(20)22/h7-10,14H,11H2,1-6H3. The second-order valence-electron chi connectivity index (χ2n) is 8.00. The molecule has 0 aromatic heterocycles. The lowest BCUT2D eigenvalue weighted by Crippen LogP contribution is -2.50. The molecule has 1 aliphatic rings. The van der Waals surface area contributed by atoms with Gasteiger partial charge in [-0.25, -0.2) is 4.79 Å². The van der Waals surface area contributed by atoms with Crippen LogP contribution < -0.4 is 0 Å². The highest BCUT2D eigenvalue weighted by molar-refractivity contribution is 6.22. The molecule has 0 N–H and O–H groups in total. The quantitative estimate of drug-likeness (QED) is 0.618. The van der Waals surface area contributed by atoms with E-state index in [4.69, 9.17) is 9.47 Å². The van der Waals surface area contributed by atoms with Crippen LogP contribution in [0, 0.1) is 0 Å². The molecule has 6 nitrogen and oxygen atoms in total. The van der Waals surface area contributed by atoms with Gasteiger partial charge < -0.3 is 9.47 Å². The van der Waals surface area contributed by atoms with E-state index in [1.54, 1.807) is 45.0 Å². The van der Waals surface area contributed by atoms with Gasteiger partial charge in [-0.2, -0.15) is 0 Å². The van der Waals surface area contributed by atoms with Gasteiger partial charge >= 0.3 is 5.97 Å². The van der Waals surface area contributed by atoms with Crippen LogP contribution in [0.3, 0.4) is 0 Å². The van der Waals surface area contributed by atoms with Crippen LogP contribution in [0.1, 0.15) is 62.3 Å². The minimum absolute atomic E-state index is 0.121. The first kappa shape index (κ1) is 19.1. The summed E-state index contributed by atoms with van der Waals surface area (Å²) in [7, 11) is 0. The molecule has 0 spiro atoms. The summed E-state index contributed by atoms with van der Waals surface area (Å²) in [5, 5.41) is 0. The van der Waals surface area contributed by atoms with Gasteiger partial charge in [-0.05, 0) is 53.7 Å². The average molecular weight is 347 g/mol. The van der Waals surface area contributed by atoms with Gasteiger partial charge in [0.1, 0.15) is 5.60 Å². The number of esters is 1. The number of fused-ring (bicyclic) bond motifs is 1. The lowest BCUT2D eigenvalue weighted by molar-refractivity contribution is -0.163. The number of nitrogens with zero attached hydrogens (tertiary/aromatic N) is 1. The molecule has 1 aliphatic heterocycles. The zero-order valence-corrected chi connectivity index (χ0v) is 15.6. The molecule has 136 valence electrons. The van der Waals surface area contributed by atoms with Crippen molar-refractivity contribution in [1.82, 2.24) is 4.90 Å². The van der Waals surface area contributed by atoms with E-state index in [1.807, 2.05) is 20.8 Å². The van der Waals surface area contributed by atoms with Crippen molar-refractivity contribution >= 4 is 17.8 Å². The Labute approximate surface area is 148 Å². The number of amides is 2. The third-order valence-electron chi connectivity index (χ3n) is 3.49. The first-order chi connectivity index (χ1) is 11.4. The minimum atomic E-state index is -1.13. The van der Waals surface area contributed by atoms with Crippen molar-refractivity contribution in [3.05, 3.63) is 35.4 Å². The summed E-state index contributed by atoms with van der Waals surface area (Å²) in [6.07, 6.45) is 0. The van der Waals surface area contributed by atoms with Gasteiger partial charge in [0.05, 0.1) is 23.3 Å². The molecule has 6 heteroatoms. The summed E-state index contributed by atoms with van der Waals surface area (Å²) in [5.41, 5.74) is -0.692. The van der Waals surface area contributed by atoms with Crippen LogP contribution in [-0.2, 0) is 14.3 Å². The highest BCUT2D eigenvalue weighted by atomic mass is 16.6. The number of hydrogen-bond donors (Lipinski definition) is 0. The van der Waals surface area contributed by atoms with Crippen LogP contribution in [0.4, 0.5) is 0 Å². The Morgan fingerprint density at radius 1 is 0.960 bits per heavy atom. The van der Waals surface area contributed by atoms with Gasteiger partial charge in [0.15, 0.2) is 6.04 Å². The average Bonchev–Trinajstić information content (AvgIpc) is 2.70. The molecule has 0 bridgehead atoms. The number of benzene rings is 1. The number of carbonyl (C=O) groups excluding carboxylic acids is 3. The fourth-order valence-electron chi connectivity index (χ4n) is 2.44. The molecule has 1 unspecified atom stereocenters. The Morgan fingerprint density at radius 2 is 1.44 bits per heavy atom. The van der Waals surface area contributed by atoms with Crippen LogP contribution in [0.2, 0.25) is 0 Å². The normalized spacial score (nSPS) is 16.0. The van der Waals surface area contributed by atoms with Crippen molar-refractivity contribution in [3.8, 4) is 0 Å². The number of carbonyl (C=O) groups is 3. The molecule has 1 heterocycles. The summed E-state index contributed by atoms with van der Waals surface area (Å²) in [6.45, 7) is 10.6. The molecule has 0 saturated carbocycles. The lowest BCUT2D eigenvalue weighted by Gasteiger charge is -2.30. The largest absolute Gasteiger partial charge is 0.458 e. The maximum absolute atomic E-state index is 12.7. The van der Waals surface area contributed by atoms with E-state index in [-0.39, 0.29) is 17.7 Å². The van der Waals surface area contributed by atoms with Gasteiger partial charge in [0.2, 0.25) is 0 Å². The van der Waals surface area contributed by atoms with Crippen molar-refractivity contribution in [2.45, 2.75) is 58.8 Å². The molecule has 0 fully saturated rings. The fraction of sp³-hybridized carbons (Fsp3) is 0.526. The molecule has 1 atom stereocenters. The van der Waals surface area contributed by atoms with E-state index in [9.17, 15) is 14.4 Å². The van der Waals surface area contributed by atoms with E-state index in [0.717, 1.165) is 4.90 Å². The summed E-state index contributed by atoms with van der Waals surface area (Å²) < 4.78 is 11.1. The zero-order chi connectivity index (χ0) is 19.0. The van der Waals surface area contributed by atoms with E-state index in [2.05, 4.69) is 0 Å². The number of hydrogen-bond acceptors (Lipinski definition) is 5. The zero-order valence-electron chi connectivity index (χ0n) is 15.6. The van der Waals surface area contributed by atoms with Crippen molar-refractivity contribution < 1.29 is 23.9 Å². The van der Waals surface area contributed by atoms with Crippen LogP contribution in [-0.4, -0.2) is 46.5 Å². The third-order valence-corrected chi connectivity index (χ3v) is 3.49. The molecule has 0 radical (unpaired) electrons. The SMILES string of the molecule is CC(C)(C)OCC(C(=O)OC(C)(C)C)N1C(=O)c2ccccc2C1=O. The van der Waals surface area contributed by atoms with Crippen molar-refractivity contribution in [1.29, 1.82) is 0 Å². The molecule has 0 saturated heterocycles. The van der Waals surface area contributed by atoms with E-state index in [1.165, 1.54) is 0 Å². The molecular weight excluding hydrogens is 322 g/mol. The maximum atomic E-state index is 12.7. The second kappa shape index (κ2) is 6.59. The van der Waals surface area contributed by atoms with Gasteiger partial charge in [-0.3, -0.25) is 14.5 Å². The van der Waals surface area contributed by atoms with E-state index >= 15 is 0 Å². The highest BCUT2D eigenvalue weighted by Gasteiger charge is 2.44. The van der Waals surface area contributed by atoms with Crippen LogP contribution >= 0.6 is 0 Å². The summed E-state index contributed by atoms with van der Waals surface area (Å²) in [5.74, 6) is -1.67. The van der Waals surface area contributed by atoms with Crippen molar-refractivity contribution in [2.75, 3.05) is 6.61 Å². The van der Waals surface area contributed by atoms with Crippen molar-refractivity contribution in [2.24, 2.45) is 0 Å². The molecule has 0 aliphatic carbocycles. The van der Waals surface area contributed by atoms with Gasteiger partial charge in [0, 0.05) is 0 Å². The predicted octanol–water partition coefficient (Wildman–Crippen LogP) is 2.81. The molecule has 2 amide bonds. The number of imide groups is 1. The third kappa shape index (κ3) is 4.45. The first-order valence-corrected chi connectivity index (χ1v) is 8.24. The monoisotopic (exact) mass is 347 g/mol. The van der Waals surface area contributed by atoms with E-state index in [0.29, 0.717) is 0 Å². The smallest absolute Gasteiger partial charge is 0.332 e. The Hall–Kier alpha value is -2.21. The molecule has 25 heavy (non-hydrogen) atoms. The molecular formula is C19H25NO5. The Kier molecular flexibility index (Phi) is 5.04. The highest BCUT2D eigenvalue weighted by Crippen LogP contribution is 2.26. The Balaban J connectivity index is 2.34. The first-order valence-electron chi connectivity index (χ1n) is 8.24. The fourth-order valence-corrected chi connectivity index (χ4v) is 2.44. The lowest BCUT2D eigenvalue weighted by atomic mass is 10.1. The summed E-state index contributed by atoms with van der Waals surface area (Å²) in [4.78, 5) is 39.0. The maximum Gasteiger partial charge on any atom is 0.332 e. The predicted molar refractivity (Wildman–Crippen MR) is 92.3 cm³/mol. The van der Waals surface area contributed by atoms with Crippen LogP contribution in [0.25, 0.3) is 0 Å². The summed E-state index contributed by atoms with van der Waals surface area (Å²) >= 11 is 0. The topological polar surface area (TPSA) is 72.9 Å². The van der Waals surface area contributed by atoms with Gasteiger partial charge in [0.25, 0.3) is 11.8 Å². The van der Waals surface area contributed by atoms with Crippen LogP contribution in [0.15, 0.2) is 24.3 Å².